The van der Waals surface area contributed by atoms with Crippen LogP contribution in [0.3, 0.4) is 0 Å². The van der Waals surface area contributed by atoms with Gasteiger partial charge in [0, 0.05) is 0 Å². The number of anilines is 1. The van der Waals surface area contributed by atoms with E-state index >= 15 is 0 Å². The Labute approximate surface area is 95.7 Å². The lowest BCUT2D eigenvalue weighted by Crippen LogP contribution is -2.03. The maximum absolute atomic E-state index is 10.9. The number of nitriles is 1. The van der Waals surface area contributed by atoms with Crippen molar-refractivity contribution in [2.45, 2.75) is 6.54 Å². The minimum atomic E-state index is 0.0397. The Balaban J connectivity index is 2.58. The van der Waals surface area contributed by atoms with Gasteiger partial charge in [0.1, 0.15) is 18.1 Å². The molecule has 2 heterocycles. The Hall–Kier alpha value is -2.13. The number of hydrogen-bond acceptors (Lipinski definition) is 5. The van der Waals surface area contributed by atoms with E-state index in [0.717, 1.165) is 4.88 Å². The molecule has 0 bridgehead atoms. The molecule has 6 heteroatoms. The Morgan fingerprint density at radius 3 is 3.06 bits per heavy atom. The molecule has 2 aromatic heterocycles. The molecule has 0 amide bonds. The summed E-state index contributed by atoms with van der Waals surface area (Å²) in [6.07, 6.45) is 0.672. The quantitative estimate of drug-likeness (QED) is 0.813. The Kier molecular flexibility index (Phi) is 2.70. The predicted octanol–water partition coefficient (Wildman–Crippen LogP) is 1.53. The van der Waals surface area contributed by atoms with Crippen molar-refractivity contribution in [2.24, 2.45) is 0 Å². The van der Waals surface area contributed by atoms with Gasteiger partial charge in [-0.15, -0.1) is 11.3 Å². The fourth-order valence-corrected chi connectivity index (χ4v) is 2.11. The molecule has 0 aliphatic rings. The number of nitrogens with zero attached hydrogens (tertiary/aromatic N) is 3. The number of carbonyl (C=O) groups excluding carboxylic acids is 1. The van der Waals surface area contributed by atoms with E-state index in [2.05, 4.69) is 5.10 Å². The number of nitrogens with two attached hydrogens (primary N) is 1. The average Bonchev–Trinajstić information content (AvgIpc) is 2.88. The SMILES string of the molecule is N#CCn1nc(-c2cccs2)c(C=O)c1N. The van der Waals surface area contributed by atoms with Crippen LogP contribution in [0.25, 0.3) is 10.6 Å². The highest BCUT2D eigenvalue weighted by atomic mass is 32.1. The van der Waals surface area contributed by atoms with Crippen molar-refractivity contribution in [3.63, 3.8) is 0 Å². The van der Waals surface area contributed by atoms with E-state index in [9.17, 15) is 4.79 Å². The van der Waals surface area contributed by atoms with Crippen LogP contribution in [-0.4, -0.2) is 16.1 Å². The maximum atomic E-state index is 10.9. The monoisotopic (exact) mass is 232 g/mol. The minimum Gasteiger partial charge on any atom is -0.383 e. The van der Waals surface area contributed by atoms with Gasteiger partial charge < -0.3 is 5.73 Å². The van der Waals surface area contributed by atoms with Crippen molar-refractivity contribution >= 4 is 23.4 Å². The van der Waals surface area contributed by atoms with E-state index in [1.165, 1.54) is 16.0 Å². The van der Waals surface area contributed by atoms with E-state index in [-0.39, 0.29) is 12.4 Å². The third-order valence-electron chi connectivity index (χ3n) is 2.12. The summed E-state index contributed by atoms with van der Waals surface area (Å²) in [5.74, 6) is 0.236. The summed E-state index contributed by atoms with van der Waals surface area (Å²) in [7, 11) is 0. The van der Waals surface area contributed by atoms with Gasteiger partial charge in [-0.05, 0) is 11.4 Å². The molecule has 0 unspecified atom stereocenters. The van der Waals surface area contributed by atoms with Crippen molar-refractivity contribution in [3.8, 4) is 16.6 Å². The first-order valence-corrected chi connectivity index (χ1v) is 5.38. The molecule has 16 heavy (non-hydrogen) atoms. The van der Waals surface area contributed by atoms with E-state index in [1.54, 1.807) is 0 Å². The number of rotatable bonds is 3. The molecule has 0 aliphatic heterocycles. The molecule has 0 saturated heterocycles. The Bertz CT molecular complexity index is 550. The largest absolute Gasteiger partial charge is 0.383 e. The van der Waals surface area contributed by atoms with E-state index in [0.29, 0.717) is 17.5 Å². The van der Waals surface area contributed by atoms with Gasteiger partial charge in [0.15, 0.2) is 6.29 Å². The summed E-state index contributed by atoms with van der Waals surface area (Å²) in [5, 5.41) is 14.6. The van der Waals surface area contributed by atoms with Crippen LogP contribution in [0.15, 0.2) is 17.5 Å². The molecule has 0 fully saturated rings. The highest BCUT2D eigenvalue weighted by Gasteiger charge is 2.16. The van der Waals surface area contributed by atoms with Crippen molar-refractivity contribution in [2.75, 3.05) is 5.73 Å². The summed E-state index contributed by atoms with van der Waals surface area (Å²) in [6.45, 7) is 0.0397. The van der Waals surface area contributed by atoms with Crippen LogP contribution in [0.2, 0.25) is 0 Å². The number of carbonyl (C=O) groups is 1. The molecule has 2 rings (SSSR count). The van der Waals surface area contributed by atoms with E-state index in [1.807, 2.05) is 23.6 Å². The minimum absolute atomic E-state index is 0.0397. The molecule has 0 saturated carbocycles. The van der Waals surface area contributed by atoms with E-state index in [4.69, 9.17) is 11.0 Å². The third kappa shape index (κ3) is 1.57. The zero-order chi connectivity index (χ0) is 11.5. The fourth-order valence-electron chi connectivity index (χ4n) is 1.39. The average molecular weight is 232 g/mol. The van der Waals surface area contributed by atoms with Gasteiger partial charge in [-0.3, -0.25) is 4.79 Å². The van der Waals surface area contributed by atoms with Crippen LogP contribution < -0.4 is 5.73 Å². The van der Waals surface area contributed by atoms with E-state index < -0.39 is 0 Å². The van der Waals surface area contributed by atoms with Crippen molar-refractivity contribution in [3.05, 3.63) is 23.1 Å². The molecular weight excluding hydrogens is 224 g/mol. The summed E-state index contributed by atoms with van der Waals surface area (Å²) in [5.41, 5.74) is 6.61. The summed E-state index contributed by atoms with van der Waals surface area (Å²) < 4.78 is 1.33. The topological polar surface area (TPSA) is 84.7 Å². The highest BCUT2D eigenvalue weighted by Crippen LogP contribution is 2.29. The van der Waals surface area contributed by atoms with Crippen LogP contribution >= 0.6 is 11.3 Å². The van der Waals surface area contributed by atoms with Gasteiger partial charge in [0.2, 0.25) is 0 Å². The van der Waals surface area contributed by atoms with Crippen molar-refractivity contribution in [1.82, 2.24) is 9.78 Å². The van der Waals surface area contributed by atoms with Gasteiger partial charge >= 0.3 is 0 Å². The number of nitrogen functional groups attached to an aromatic ring is 1. The van der Waals surface area contributed by atoms with Gasteiger partial charge in [-0.1, -0.05) is 6.07 Å². The second kappa shape index (κ2) is 4.16. The molecule has 5 nitrogen and oxygen atoms in total. The second-order valence-corrected chi connectivity index (χ2v) is 4.01. The van der Waals surface area contributed by atoms with Gasteiger partial charge in [0.05, 0.1) is 16.5 Å². The zero-order valence-electron chi connectivity index (χ0n) is 8.25. The highest BCUT2D eigenvalue weighted by molar-refractivity contribution is 7.13. The summed E-state index contributed by atoms with van der Waals surface area (Å²) in [4.78, 5) is 11.8. The third-order valence-corrected chi connectivity index (χ3v) is 3.00. The standard InChI is InChI=1S/C10H8N4OS/c11-3-4-14-10(12)7(6-15)9(13-14)8-2-1-5-16-8/h1-2,5-6H,4,12H2. The fraction of sp³-hybridized carbons (Fsp3) is 0.100. The van der Waals surface area contributed by atoms with Gasteiger partial charge in [-0.2, -0.15) is 10.4 Å². The maximum Gasteiger partial charge on any atom is 0.156 e. The lowest BCUT2D eigenvalue weighted by atomic mass is 10.2. The van der Waals surface area contributed by atoms with Crippen LogP contribution in [0.5, 0.6) is 0 Å². The molecule has 2 N–H and O–H groups in total. The molecule has 80 valence electrons. The van der Waals surface area contributed by atoms with Crippen LogP contribution in [0.1, 0.15) is 10.4 Å². The van der Waals surface area contributed by atoms with Crippen LogP contribution in [-0.2, 0) is 6.54 Å². The molecule has 0 radical (unpaired) electrons. The Morgan fingerprint density at radius 2 is 2.50 bits per heavy atom. The predicted molar refractivity (Wildman–Crippen MR) is 61.0 cm³/mol. The molecular formula is C10H8N4OS. The summed E-state index contributed by atoms with van der Waals surface area (Å²) in [6, 6.07) is 5.67. The van der Waals surface area contributed by atoms with Gasteiger partial charge in [-0.25, -0.2) is 4.68 Å². The lowest BCUT2D eigenvalue weighted by molar-refractivity contribution is 0.112. The number of aromatic nitrogens is 2. The number of thiophene rings is 1. The van der Waals surface area contributed by atoms with Crippen LogP contribution in [0.4, 0.5) is 5.82 Å². The molecule has 0 aromatic carbocycles. The normalized spacial score (nSPS) is 9.94. The molecule has 0 atom stereocenters. The molecule has 2 aromatic rings. The Morgan fingerprint density at radius 1 is 1.69 bits per heavy atom. The number of aldehydes is 1. The first-order valence-electron chi connectivity index (χ1n) is 4.50. The summed E-state index contributed by atoms with van der Waals surface area (Å²) >= 11 is 1.47. The van der Waals surface area contributed by atoms with Gasteiger partial charge in [0.25, 0.3) is 0 Å². The van der Waals surface area contributed by atoms with Crippen molar-refractivity contribution in [1.29, 1.82) is 5.26 Å². The number of hydrogen-bond donors (Lipinski definition) is 1. The zero-order valence-corrected chi connectivity index (χ0v) is 9.07. The first kappa shape index (κ1) is 10.4. The van der Waals surface area contributed by atoms with Crippen LogP contribution in [0, 0.1) is 11.3 Å². The smallest absolute Gasteiger partial charge is 0.156 e. The van der Waals surface area contributed by atoms with Crippen molar-refractivity contribution < 1.29 is 4.79 Å². The second-order valence-electron chi connectivity index (χ2n) is 3.06. The lowest BCUT2D eigenvalue weighted by Gasteiger charge is -1.94. The molecule has 0 aliphatic carbocycles. The molecule has 0 spiro atoms. The first-order chi connectivity index (χ1) is 7.77.